The Morgan fingerprint density at radius 2 is 2.14 bits per heavy atom. The zero-order valence-electron chi connectivity index (χ0n) is 10.7. The number of anilines is 1. The zero-order valence-corrected chi connectivity index (χ0v) is 12.3. The van der Waals surface area contributed by atoms with Crippen LogP contribution in [0.2, 0.25) is 0 Å². The standard InChI is InChI=1S/C13H10BrN3O4/c14-9-4-10(17(18)19)13(16-6-9)15-5-8-1-2-11-12(3-8)21-7-20-11/h1-4,6H,5,7H2,(H,15,16). The molecule has 0 saturated carbocycles. The van der Waals surface area contributed by atoms with Crippen LogP contribution in [-0.2, 0) is 6.54 Å². The van der Waals surface area contributed by atoms with E-state index < -0.39 is 4.92 Å². The number of nitrogens with one attached hydrogen (secondary N) is 1. The third-order valence-electron chi connectivity index (χ3n) is 2.93. The van der Waals surface area contributed by atoms with Crippen molar-refractivity contribution in [3.63, 3.8) is 0 Å². The molecule has 2 aromatic rings. The molecule has 1 aliphatic rings. The van der Waals surface area contributed by atoms with Gasteiger partial charge in [-0.25, -0.2) is 4.98 Å². The van der Waals surface area contributed by atoms with E-state index in [1.165, 1.54) is 12.3 Å². The quantitative estimate of drug-likeness (QED) is 0.672. The van der Waals surface area contributed by atoms with Crippen molar-refractivity contribution in [3.8, 4) is 11.5 Å². The van der Waals surface area contributed by atoms with Crippen LogP contribution in [0.3, 0.4) is 0 Å². The maximum atomic E-state index is 11.0. The largest absolute Gasteiger partial charge is 0.454 e. The molecule has 0 spiro atoms. The smallest absolute Gasteiger partial charge is 0.312 e. The molecular weight excluding hydrogens is 342 g/mol. The second-order valence-corrected chi connectivity index (χ2v) is 5.24. The number of halogens is 1. The topological polar surface area (TPSA) is 86.5 Å². The molecule has 0 bridgehead atoms. The van der Waals surface area contributed by atoms with Crippen molar-refractivity contribution in [3.05, 3.63) is 50.6 Å². The van der Waals surface area contributed by atoms with Crippen molar-refractivity contribution >= 4 is 27.4 Å². The molecule has 0 amide bonds. The summed E-state index contributed by atoms with van der Waals surface area (Å²) in [5.74, 6) is 1.60. The SMILES string of the molecule is O=[N+]([O-])c1cc(Br)cnc1NCc1ccc2c(c1)OCO2. The van der Waals surface area contributed by atoms with Crippen LogP contribution >= 0.6 is 15.9 Å². The fourth-order valence-electron chi connectivity index (χ4n) is 1.94. The number of ether oxygens (including phenoxy) is 2. The number of nitrogens with zero attached hydrogens (tertiary/aromatic N) is 2. The van der Waals surface area contributed by atoms with Gasteiger partial charge in [-0.15, -0.1) is 0 Å². The maximum Gasteiger partial charge on any atom is 0.312 e. The van der Waals surface area contributed by atoms with Crippen molar-refractivity contribution in [2.45, 2.75) is 6.54 Å². The van der Waals surface area contributed by atoms with E-state index in [0.29, 0.717) is 22.5 Å². The van der Waals surface area contributed by atoms with E-state index >= 15 is 0 Å². The monoisotopic (exact) mass is 351 g/mol. The summed E-state index contributed by atoms with van der Waals surface area (Å²) < 4.78 is 11.1. The van der Waals surface area contributed by atoms with E-state index in [1.54, 1.807) is 0 Å². The van der Waals surface area contributed by atoms with E-state index in [4.69, 9.17) is 9.47 Å². The van der Waals surface area contributed by atoms with E-state index in [0.717, 1.165) is 5.56 Å². The van der Waals surface area contributed by atoms with Gasteiger partial charge in [0.15, 0.2) is 11.5 Å². The number of aromatic nitrogens is 1. The highest BCUT2D eigenvalue weighted by molar-refractivity contribution is 9.10. The molecule has 0 unspecified atom stereocenters. The van der Waals surface area contributed by atoms with Crippen molar-refractivity contribution in [1.29, 1.82) is 0 Å². The predicted octanol–water partition coefficient (Wildman–Crippen LogP) is 3.09. The van der Waals surface area contributed by atoms with Crippen LogP contribution in [0.5, 0.6) is 11.5 Å². The highest BCUT2D eigenvalue weighted by Gasteiger charge is 2.17. The minimum atomic E-state index is -0.472. The van der Waals surface area contributed by atoms with Gasteiger partial charge >= 0.3 is 5.69 Å². The Labute approximate surface area is 128 Å². The Kier molecular flexibility index (Phi) is 3.61. The van der Waals surface area contributed by atoms with Gasteiger partial charge in [0.1, 0.15) is 0 Å². The van der Waals surface area contributed by atoms with Gasteiger partial charge in [0.2, 0.25) is 12.6 Å². The van der Waals surface area contributed by atoms with Gasteiger partial charge in [0.25, 0.3) is 0 Å². The Balaban J connectivity index is 1.77. The average molecular weight is 352 g/mol. The minimum Gasteiger partial charge on any atom is -0.454 e. The van der Waals surface area contributed by atoms with Crippen LogP contribution in [0.4, 0.5) is 11.5 Å². The Morgan fingerprint density at radius 3 is 2.95 bits per heavy atom. The fraction of sp³-hybridized carbons (Fsp3) is 0.154. The molecule has 108 valence electrons. The van der Waals surface area contributed by atoms with Crippen molar-refractivity contribution in [1.82, 2.24) is 4.98 Å². The first-order valence-electron chi connectivity index (χ1n) is 6.06. The van der Waals surface area contributed by atoms with Gasteiger partial charge in [0, 0.05) is 23.3 Å². The van der Waals surface area contributed by atoms with Crippen LogP contribution in [0.25, 0.3) is 0 Å². The first kappa shape index (κ1) is 13.6. The van der Waals surface area contributed by atoms with Gasteiger partial charge < -0.3 is 14.8 Å². The Bertz CT molecular complexity index is 708. The zero-order chi connectivity index (χ0) is 14.8. The van der Waals surface area contributed by atoms with Gasteiger partial charge in [-0.1, -0.05) is 6.07 Å². The van der Waals surface area contributed by atoms with Crippen molar-refractivity contribution in [2.75, 3.05) is 12.1 Å². The highest BCUT2D eigenvalue weighted by Crippen LogP contribution is 2.33. The molecule has 7 nitrogen and oxygen atoms in total. The second-order valence-electron chi connectivity index (χ2n) is 4.32. The summed E-state index contributed by atoms with van der Waals surface area (Å²) in [7, 11) is 0. The van der Waals surface area contributed by atoms with Gasteiger partial charge in [0.05, 0.1) is 4.92 Å². The molecule has 1 aromatic carbocycles. The van der Waals surface area contributed by atoms with E-state index in [1.807, 2.05) is 18.2 Å². The van der Waals surface area contributed by atoms with Gasteiger partial charge in [-0.3, -0.25) is 10.1 Å². The van der Waals surface area contributed by atoms with Crippen LogP contribution in [-0.4, -0.2) is 16.7 Å². The normalized spacial score (nSPS) is 12.2. The lowest BCUT2D eigenvalue weighted by Crippen LogP contribution is -2.04. The molecule has 1 aliphatic heterocycles. The summed E-state index contributed by atoms with van der Waals surface area (Å²) in [6, 6.07) is 6.92. The van der Waals surface area contributed by atoms with Gasteiger partial charge in [-0.2, -0.15) is 0 Å². The Hall–Kier alpha value is -2.35. The summed E-state index contributed by atoms with van der Waals surface area (Å²) in [4.78, 5) is 14.6. The Morgan fingerprint density at radius 1 is 1.33 bits per heavy atom. The molecule has 21 heavy (non-hydrogen) atoms. The van der Waals surface area contributed by atoms with Gasteiger partial charge in [-0.05, 0) is 33.6 Å². The third kappa shape index (κ3) is 2.89. The highest BCUT2D eigenvalue weighted by atomic mass is 79.9. The third-order valence-corrected chi connectivity index (χ3v) is 3.36. The predicted molar refractivity (Wildman–Crippen MR) is 78.5 cm³/mol. The number of benzene rings is 1. The second kappa shape index (κ2) is 5.57. The number of hydrogen-bond acceptors (Lipinski definition) is 6. The summed E-state index contributed by atoms with van der Waals surface area (Å²) in [6.45, 7) is 0.609. The lowest BCUT2D eigenvalue weighted by molar-refractivity contribution is -0.384. The first-order chi connectivity index (χ1) is 10.1. The summed E-state index contributed by atoms with van der Waals surface area (Å²) in [6.07, 6.45) is 1.51. The first-order valence-corrected chi connectivity index (χ1v) is 6.85. The fourth-order valence-corrected chi connectivity index (χ4v) is 2.26. The van der Waals surface area contributed by atoms with E-state index in [-0.39, 0.29) is 18.3 Å². The molecule has 0 atom stereocenters. The summed E-state index contributed by atoms with van der Waals surface area (Å²) in [5.41, 5.74) is 0.836. The molecular formula is C13H10BrN3O4. The average Bonchev–Trinajstić information content (AvgIpc) is 2.93. The van der Waals surface area contributed by atoms with Crippen LogP contribution in [0.1, 0.15) is 5.56 Å². The number of nitro groups is 1. The molecule has 3 rings (SSSR count). The number of fused-ring (bicyclic) bond motifs is 1. The summed E-state index contributed by atoms with van der Waals surface area (Å²) >= 11 is 3.17. The lowest BCUT2D eigenvalue weighted by Gasteiger charge is -2.07. The number of pyridine rings is 1. The molecule has 0 aliphatic carbocycles. The lowest BCUT2D eigenvalue weighted by atomic mass is 10.2. The molecule has 0 fully saturated rings. The molecule has 1 aromatic heterocycles. The maximum absolute atomic E-state index is 11.0. The number of hydrogen-bond donors (Lipinski definition) is 1. The van der Waals surface area contributed by atoms with Crippen molar-refractivity contribution in [2.24, 2.45) is 0 Å². The molecule has 1 N–H and O–H groups in total. The molecule has 0 radical (unpaired) electrons. The van der Waals surface area contributed by atoms with Crippen LogP contribution in [0, 0.1) is 10.1 Å². The van der Waals surface area contributed by atoms with Crippen LogP contribution in [0.15, 0.2) is 34.9 Å². The molecule has 8 heteroatoms. The summed E-state index contributed by atoms with van der Waals surface area (Å²) in [5, 5.41) is 14.0. The van der Waals surface area contributed by atoms with Crippen molar-refractivity contribution < 1.29 is 14.4 Å². The van der Waals surface area contributed by atoms with E-state index in [2.05, 4.69) is 26.2 Å². The minimum absolute atomic E-state index is 0.0786. The van der Waals surface area contributed by atoms with E-state index in [9.17, 15) is 10.1 Å². The van der Waals surface area contributed by atoms with Crippen LogP contribution < -0.4 is 14.8 Å². The number of rotatable bonds is 4. The molecule has 2 heterocycles. The molecule has 0 saturated heterocycles.